The molecule has 0 bridgehead atoms. The van der Waals surface area contributed by atoms with Gasteiger partial charge in [0.05, 0.1) is 5.75 Å². The van der Waals surface area contributed by atoms with Crippen LogP contribution >= 0.6 is 11.8 Å². The van der Waals surface area contributed by atoms with Gasteiger partial charge in [-0.15, -0.1) is 10.2 Å². The van der Waals surface area contributed by atoms with E-state index >= 15 is 0 Å². The number of anilines is 1. The third-order valence-electron chi connectivity index (χ3n) is 5.44. The zero-order valence-corrected chi connectivity index (χ0v) is 21.1. The topological polar surface area (TPSA) is 69.0 Å². The molecule has 0 saturated carbocycles. The van der Waals surface area contributed by atoms with E-state index in [1.54, 1.807) is 0 Å². The maximum atomic E-state index is 12.6. The van der Waals surface area contributed by atoms with Crippen molar-refractivity contribution < 1.29 is 9.53 Å². The monoisotopic (exact) mass is 466 g/mol. The maximum Gasteiger partial charge on any atom is 0.234 e. The van der Waals surface area contributed by atoms with Gasteiger partial charge in [0.25, 0.3) is 0 Å². The summed E-state index contributed by atoms with van der Waals surface area (Å²) in [6, 6.07) is 16.2. The van der Waals surface area contributed by atoms with E-state index in [1.807, 2.05) is 47.9 Å². The Morgan fingerprint density at radius 1 is 1.03 bits per heavy atom. The molecule has 0 spiro atoms. The van der Waals surface area contributed by atoms with Crippen molar-refractivity contribution in [2.45, 2.75) is 71.2 Å². The molecule has 0 aliphatic heterocycles. The molecule has 3 aromatic rings. The SMILES string of the molecule is CCc1ccccc1NC(=O)CSc1nnc(C(C)Oc2ccc(C(C)C)cc2)n1C(C)C. The Morgan fingerprint density at radius 3 is 2.36 bits per heavy atom. The van der Waals surface area contributed by atoms with Gasteiger partial charge < -0.3 is 14.6 Å². The number of nitrogens with one attached hydrogen (secondary N) is 1. The summed E-state index contributed by atoms with van der Waals surface area (Å²) in [6.07, 6.45) is 0.594. The van der Waals surface area contributed by atoms with Crippen LogP contribution in [-0.2, 0) is 11.2 Å². The zero-order valence-electron chi connectivity index (χ0n) is 20.3. The molecule has 0 radical (unpaired) electrons. The summed E-state index contributed by atoms with van der Waals surface area (Å²) < 4.78 is 8.20. The van der Waals surface area contributed by atoms with E-state index in [1.165, 1.54) is 17.3 Å². The van der Waals surface area contributed by atoms with Crippen molar-refractivity contribution in [2.24, 2.45) is 0 Å². The Labute approximate surface area is 201 Å². The van der Waals surface area contributed by atoms with E-state index in [2.05, 4.69) is 62.3 Å². The average Bonchev–Trinajstić information content (AvgIpc) is 3.23. The largest absolute Gasteiger partial charge is 0.483 e. The molecule has 1 aromatic heterocycles. The molecule has 1 heterocycles. The second-order valence-corrected chi connectivity index (χ2v) is 9.58. The number of aryl methyl sites for hydroxylation is 1. The summed E-state index contributed by atoms with van der Waals surface area (Å²) in [5, 5.41) is 12.5. The molecule has 0 fully saturated rings. The van der Waals surface area contributed by atoms with Crippen molar-refractivity contribution >= 4 is 23.4 Å². The summed E-state index contributed by atoms with van der Waals surface area (Å²) >= 11 is 1.39. The van der Waals surface area contributed by atoms with Crippen LogP contribution in [0.15, 0.2) is 53.7 Å². The number of para-hydroxylation sites is 1. The Bertz CT molecular complexity index is 1060. The highest BCUT2D eigenvalue weighted by molar-refractivity contribution is 7.99. The van der Waals surface area contributed by atoms with Crippen molar-refractivity contribution in [3.63, 3.8) is 0 Å². The molecule has 176 valence electrons. The lowest BCUT2D eigenvalue weighted by Crippen LogP contribution is -2.17. The highest BCUT2D eigenvalue weighted by Crippen LogP contribution is 2.28. The van der Waals surface area contributed by atoms with E-state index in [0.29, 0.717) is 11.1 Å². The first-order valence-electron chi connectivity index (χ1n) is 11.5. The number of carbonyl (C=O) groups is 1. The summed E-state index contributed by atoms with van der Waals surface area (Å²) in [7, 11) is 0. The Kier molecular flexibility index (Phi) is 8.55. The van der Waals surface area contributed by atoms with E-state index in [-0.39, 0.29) is 23.8 Å². The normalized spacial score (nSPS) is 12.2. The van der Waals surface area contributed by atoms with Crippen molar-refractivity contribution in [1.29, 1.82) is 0 Å². The van der Waals surface area contributed by atoms with Crippen molar-refractivity contribution in [1.82, 2.24) is 14.8 Å². The molecule has 6 nitrogen and oxygen atoms in total. The average molecular weight is 467 g/mol. The van der Waals surface area contributed by atoms with Gasteiger partial charge in [-0.25, -0.2) is 0 Å². The zero-order chi connectivity index (χ0) is 24.0. The molecule has 0 aliphatic carbocycles. The molecule has 1 amide bonds. The third kappa shape index (κ3) is 6.38. The maximum absolute atomic E-state index is 12.6. The lowest BCUT2D eigenvalue weighted by atomic mass is 10.0. The van der Waals surface area contributed by atoms with Gasteiger partial charge in [-0.2, -0.15) is 0 Å². The number of ether oxygens (including phenoxy) is 1. The quantitative estimate of drug-likeness (QED) is 0.349. The van der Waals surface area contributed by atoms with Crippen LogP contribution in [0.2, 0.25) is 0 Å². The minimum atomic E-state index is -0.274. The Balaban J connectivity index is 1.67. The lowest BCUT2D eigenvalue weighted by molar-refractivity contribution is -0.113. The van der Waals surface area contributed by atoms with E-state index in [9.17, 15) is 4.79 Å². The molecule has 3 rings (SSSR count). The number of hydrogen-bond donors (Lipinski definition) is 1. The first kappa shape index (κ1) is 24.8. The smallest absolute Gasteiger partial charge is 0.234 e. The predicted octanol–water partition coefficient (Wildman–Crippen LogP) is 6.42. The molecule has 33 heavy (non-hydrogen) atoms. The third-order valence-corrected chi connectivity index (χ3v) is 6.38. The first-order chi connectivity index (χ1) is 15.8. The van der Waals surface area contributed by atoms with Gasteiger partial charge in [0.1, 0.15) is 5.75 Å². The van der Waals surface area contributed by atoms with E-state index in [4.69, 9.17) is 4.74 Å². The van der Waals surface area contributed by atoms with Crippen molar-refractivity contribution in [3.05, 3.63) is 65.5 Å². The van der Waals surface area contributed by atoms with E-state index < -0.39 is 0 Å². The Hall–Kier alpha value is -2.80. The fourth-order valence-corrected chi connectivity index (χ4v) is 4.48. The number of aromatic nitrogens is 3. The molecular formula is C26H34N4O2S. The van der Waals surface area contributed by atoms with Crippen LogP contribution in [0.25, 0.3) is 0 Å². The highest BCUT2D eigenvalue weighted by Gasteiger charge is 2.22. The number of amides is 1. The van der Waals surface area contributed by atoms with Crippen LogP contribution < -0.4 is 10.1 Å². The van der Waals surface area contributed by atoms with Gasteiger partial charge in [0, 0.05) is 11.7 Å². The summed E-state index contributed by atoms with van der Waals surface area (Å²) in [5.41, 5.74) is 3.26. The van der Waals surface area contributed by atoms with Crippen LogP contribution in [0.4, 0.5) is 5.69 Å². The second kappa shape index (κ2) is 11.4. The molecular weight excluding hydrogens is 432 g/mol. The van der Waals surface area contributed by atoms with Gasteiger partial charge in [0.15, 0.2) is 17.1 Å². The van der Waals surface area contributed by atoms with Gasteiger partial charge in [0.2, 0.25) is 5.91 Å². The van der Waals surface area contributed by atoms with E-state index in [0.717, 1.165) is 29.2 Å². The number of carbonyl (C=O) groups excluding carboxylic acids is 1. The van der Waals surface area contributed by atoms with Gasteiger partial charge in [-0.05, 0) is 62.4 Å². The first-order valence-corrected chi connectivity index (χ1v) is 12.5. The summed E-state index contributed by atoms with van der Waals surface area (Å²) in [6.45, 7) is 12.6. The predicted molar refractivity (Wildman–Crippen MR) is 135 cm³/mol. The lowest BCUT2D eigenvalue weighted by Gasteiger charge is -2.19. The number of rotatable bonds is 10. The fourth-order valence-electron chi connectivity index (χ4n) is 3.60. The molecule has 0 aliphatic rings. The van der Waals surface area contributed by atoms with Crippen LogP contribution in [-0.4, -0.2) is 26.4 Å². The van der Waals surface area contributed by atoms with Gasteiger partial charge >= 0.3 is 0 Å². The van der Waals surface area contributed by atoms with Gasteiger partial charge in [-0.1, -0.05) is 62.9 Å². The minimum Gasteiger partial charge on any atom is -0.483 e. The molecule has 1 unspecified atom stereocenters. The van der Waals surface area contributed by atoms with Crippen LogP contribution in [0.3, 0.4) is 0 Å². The Morgan fingerprint density at radius 2 is 1.73 bits per heavy atom. The molecule has 0 saturated heterocycles. The standard InChI is InChI=1S/C26H34N4O2S/c1-7-20-10-8-9-11-23(20)27-24(31)16-33-26-29-28-25(30(26)18(4)5)19(6)32-22-14-12-21(13-15-22)17(2)3/h8-15,17-19H,7,16H2,1-6H3,(H,27,31). The number of benzene rings is 2. The van der Waals surface area contributed by atoms with Crippen LogP contribution in [0, 0.1) is 0 Å². The molecule has 2 aromatic carbocycles. The molecule has 1 atom stereocenters. The molecule has 7 heteroatoms. The molecule has 1 N–H and O–H groups in total. The summed E-state index contributed by atoms with van der Waals surface area (Å²) in [4.78, 5) is 12.6. The van der Waals surface area contributed by atoms with Crippen LogP contribution in [0.5, 0.6) is 5.75 Å². The fraction of sp³-hybridized carbons (Fsp3) is 0.423. The van der Waals surface area contributed by atoms with Gasteiger partial charge in [-0.3, -0.25) is 4.79 Å². The minimum absolute atomic E-state index is 0.0599. The summed E-state index contributed by atoms with van der Waals surface area (Å²) in [5.74, 6) is 2.23. The second-order valence-electron chi connectivity index (χ2n) is 8.64. The van der Waals surface area contributed by atoms with Crippen molar-refractivity contribution in [3.8, 4) is 5.75 Å². The highest BCUT2D eigenvalue weighted by atomic mass is 32.2. The number of nitrogens with zero attached hydrogens (tertiary/aromatic N) is 3. The van der Waals surface area contributed by atoms with Crippen molar-refractivity contribution in [2.75, 3.05) is 11.1 Å². The van der Waals surface area contributed by atoms with Crippen LogP contribution in [0.1, 0.15) is 76.6 Å². The number of hydrogen-bond acceptors (Lipinski definition) is 5. The number of thioether (sulfide) groups is 1.